The van der Waals surface area contributed by atoms with E-state index in [1.165, 1.54) is 0 Å². The molecule has 27 heavy (non-hydrogen) atoms. The van der Waals surface area contributed by atoms with E-state index in [1.54, 1.807) is 68.6 Å². The van der Waals surface area contributed by atoms with E-state index in [1.807, 2.05) is 0 Å². The summed E-state index contributed by atoms with van der Waals surface area (Å²) < 4.78 is 10.4. The molecule has 0 unspecified atom stereocenters. The Labute approximate surface area is 164 Å². The van der Waals surface area contributed by atoms with Crippen molar-refractivity contribution in [2.45, 2.75) is 25.8 Å². The smallest absolute Gasteiger partial charge is 0.222 e. The summed E-state index contributed by atoms with van der Waals surface area (Å²) in [7, 11) is 4.89. The van der Waals surface area contributed by atoms with E-state index >= 15 is 0 Å². The molecule has 0 aliphatic heterocycles. The van der Waals surface area contributed by atoms with Crippen LogP contribution in [0.15, 0.2) is 42.5 Å². The average molecular weight is 390 g/mol. The standard InChI is InChI=1S/C21H24ClNO4/c1-23(14-16-13-17(22)9-12-20(16)27-3)21(25)6-4-5-19(24)15-7-10-18(26-2)11-8-15/h7-13H,4-6,14H2,1-3H3. The molecule has 0 spiro atoms. The number of hydrogen-bond donors (Lipinski definition) is 0. The summed E-state index contributed by atoms with van der Waals surface area (Å²) in [6.07, 6.45) is 1.13. The molecule has 2 rings (SSSR count). The Kier molecular flexibility index (Phi) is 7.67. The highest BCUT2D eigenvalue weighted by Crippen LogP contribution is 2.24. The minimum absolute atomic E-state index is 0.0182. The summed E-state index contributed by atoms with van der Waals surface area (Å²) in [5, 5.41) is 0.594. The van der Waals surface area contributed by atoms with Crippen molar-refractivity contribution in [2.24, 2.45) is 0 Å². The Morgan fingerprint density at radius 3 is 2.33 bits per heavy atom. The largest absolute Gasteiger partial charge is 0.497 e. The van der Waals surface area contributed by atoms with Gasteiger partial charge in [0.1, 0.15) is 11.5 Å². The number of carbonyl (C=O) groups excluding carboxylic acids is 2. The van der Waals surface area contributed by atoms with Gasteiger partial charge in [-0.1, -0.05) is 11.6 Å². The Bertz CT molecular complexity index is 789. The molecule has 2 aromatic carbocycles. The lowest BCUT2D eigenvalue weighted by Gasteiger charge is -2.19. The summed E-state index contributed by atoms with van der Waals surface area (Å²) in [4.78, 5) is 26.2. The number of amides is 1. The molecule has 0 aromatic heterocycles. The lowest BCUT2D eigenvalue weighted by Crippen LogP contribution is -2.26. The number of halogens is 1. The van der Waals surface area contributed by atoms with Crippen LogP contribution in [0.3, 0.4) is 0 Å². The second kappa shape index (κ2) is 9.97. The molecule has 0 aliphatic rings. The number of nitrogens with zero attached hydrogens (tertiary/aromatic N) is 1. The molecular weight excluding hydrogens is 366 g/mol. The first-order valence-corrected chi connectivity index (χ1v) is 9.06. The predicted octanol–water partition coefficient (Wildman–Crippen LogP) is 4.37. The predicted molar refractivity (Wildman–Crippen MR) is 106 cm³/mol. The lowest BCUT2D eigenvalue weighted by atomic mass is 10.0. The Hall–Kier alpha value is -2.53. The zero-order chi connectivity index (χ0) is 19.8. The van der Waals surface area contributed by atoms with Gasteiger partial charge in [-0.15, -0.1) is 0 Å². The first kappa shape index (κ1) is 20.8. The van der Waals surface area contributed by atoms with E-state index in [0.717, 1.165) is 5.56 Å². The number of rotatable bonds is 9. The van der Waals surface area contributed by atoms with Crippen molar-refractivity contribution in [3.05, 3.63) is 58.6 Å². The van der Waals surface area contributed by atoms with Gasteiger partial charge in [-0.3, -0.25) is 9.59 Å². The molecule has 0 aliphatic carbocycles. The van der Waals surface area contributed by atoms with E-state index in [-0.39, 0.29) is 11.7 Å². The molecule has 0 heterocycles. The fourth-order valence-electron chi connectivity index (χ4n) is 2.73. The van der Waals surface area contributed by atoms with E-state index in [9.17, 15) is 9.59 Å². The fourth-order valence-corrected chi connectivity index (χ4v) is 2.92. The maximum atomic E-state index is 12.4. The topological polar surface area (TPSA) is 55.8 Å². The molecule has 0 N–H and O–H groups in total. The molecule has 6 heteroatoms. The van der Waals surface area contributed by atoms with Gasteiger partial charge in [0.2, 0.25) is 5.91 Å². The van der Waals surface area contributed by atoms with Gasteiger partial charge in [0.05, 0.1) is 14.2 Å². The van der Waals surface area contributed by atoms with E-state index in [4.69, 9.17) is 21.1 Å². The SMILES string of the molecule is COc1ccc(C(=O)CCCC(=O)N(C)Cc2cc(Cl)ccc2OC)cc1. The number of methoxy groups -OCH3 is 2. The molecule has 0 fully saturated rings. The zero-order valence-corrected chi connectivity index (χ0v) is 16.6. The fraction of sp³-hybridized carbons (Fsp3) is 0.333. The number of benzene rings is 2. The van der Waals surface area contributed by atoms with Gasteiger partial charge in [-0.25, -0.2) is 0 Å². The van der Waals surface area contributed by atoms with Crippen molar-refractivity contribution in [1.29, 1.82) is 0 Å². The molecule has 0 bridgehead atoms. The van der Waals surface area contributed by atoms with E-state index in [0.29, 0.717) is 47.9 Å². The lowest BCUT2D eigenvalue weighted by molar-refractivity contribution is -0.130. The monoisotopic (exact) mass is 389 g/mol. The van der Waals surface area contributed by atoms with Crippen molar-refractivity contribution in [3.8, 4) is 11.5 Å². The van der Waals surface area contributed by atoms with Crippen LogP contribution < -0.4 is 9.47 Å². The Balaban J connectivity index is 1.84. The summed E-state index contributed by atoms with van der Waals surface area (Å²) in [6, 6.07) is 12.3. The number of ether oxygens (including phenoxy) is 2. The second-order valence-corrected chi connectivity index (χ2v) is 6.65. The molecule has 5 nitrogen and oxygen atoms in total. The Morgan fingerprint density at radius 2 is 1.70 bits per heavy atom. The average Bonchev–Trinajstić information content (AvgIpc) is 2.68. The molecule has 0 atom stereocenters. The molecule has 0 saturated carbocycles. The molecular formula is C21H24ClNO4. The quantitative estimate of drug-likeness (QED) is 0.597. The number of hydrogen-bond acceptors (Lipinski definition) is 4. The van der Waals surface area contributed by atoms with Crippen molar-refractivity contribution in [3.63, 3.8) is 0 Å². The van der Waals surface area contributed by atoms with Crippen molar-refractivity contribution in [2.75, 3.05) is 21.3 Å². The Morgan fingerprint density at radius 1 is 1.00 bits per heavy atom. The summed E-state index contributed by atoms with van der Waals surface area (Å²) in [5.41, 5.74) is 1.47. The van der Waals surface area contributed by atoms with Crippen LogP contribution in [-0.2, 0) is 11.3 Å². The molecule has 1 amide bonds. The zero-order valence-electron chi connectivity index (χ0n) is 15.8. The third kappa shape index (κ3) is 6.00. The highest BCUT2D eigenvalue weighted by Gasteiger charge is 2.14. The third-order valence-corrected chi connectivity index (χ3v) is 4.52. The van der Waals surface area contributed by atoms with Crippen LogP contribution >= 0.6 is 11.6 Å². The highest BCUT2D eigenvalue weighted by molar-refractivity contribution is 6.30. The van der Waals surface area contributed by atoms with Crippen molar-refractivity contribution < 1.29 is 19.1 Å². The first-order valence-electron chi connectivity index (χ1n) is 8.68. The van der Waals surface area contributed by atoms with Crippen LogP contribution in [0.25, 0.3) is 0 Å². The van der Waals surface area contributed by atoms with Gasteiger partial charge >= 0.3 is 0 Å². The second-order valence-electron chi connectivity index (χ2n) is 6.21. The van der Waals surface area contributed by atoms with Gasteiger partial charge in [0.25, 0.3) is 0 Å². The van der Waals surface area contributed by atoms with Gasteiger partial charge in [-0.2, -0.15) is 0 Å². The van der Waals surface area contributed by atoms with E-state index in [2.05, 4.69) is 0 Å². The van der Waals surface area contributed by atoms with Crippen LogP contribution in [0.4, 0.5) is 0 Å². The normalized spacial score (nSPS) is 10.4. The van der Waals surface area contributed by atoms with E-state index < -0.39 is 0 Å². The minimum Gasteiger partial charge on any atom is -0.497 e. The maximum absolute atomic E-state index is 12.4. The molecule has 144 valence electrons. The van der Waals surface area contributed by atoms with Gasteiger partial charge in [0, 0.05) is 42.6 Å². The van der Waals surface area contributed by atoms with Crippen LogP contribution in [0, 0.1) is 0 Å². The van der Waals surface area contributed by atoms with Crippen LogP contribution in [0.1, 0.15) is 35.2 Å². The van der Waals surface area contributed by atoms with Crippen LogP contribution in [0.5, 0.6) is 11.5 Å². The minimum atomic E-state index is -0.0282. The number of ketones is 1. The maximum Gasteiger partial charge on any atom is 0.222 e. The van der Waals surface area contributed by atoms with Crippen LogP contribution in [0.2, 0.25) is 5.02 Å². The summed E-state index contributed by atoms with van der Waals surface area (Å²) in [5.74, 6) is 1.39. The number of carbonyl (C=O) groups is 2. The molecule has 2 aromatic rings. The van der Waals surface area contributed by atoms with Gasteiger partial charge in [0.15, 0.2) is 5.78 Å². The van der Waals surface area contributed by atoms with Crippen LogP contribution in [-0.4, -0.2) is 37.9 Å². The summed E-state index contributed by atoms with van der Waals surface area (Å²) in [6.45, 7) is 0.398. The summed E-state index contributed by atoms with van der Waals surface area (Å²) >= 11 is 6.03. The van der Waals surface area contributed by atoms with Gasteiger partial charge < -0.3 is 14.4 Å². The molecule has 0 radical (unpaired) electrons. The first-order chi connectivity index (χ1) is 12.9. The third-order valence-electron chi connectivity index (χ3n) is 4.28. The van der Waals surface area contributed by atoms with Gasteiger partial charge in [-0.05, 0) is 48.9 Å². The number of Topliss-reactive ketones (excluding diaryl/α,β-unsaturated/α-hetero) is 1. The highest BCUT2D eigenvalue weighted by atomic mass is 35.5. The van der Waals surface area contributed by atoms with Crippen molar-refractivity contribution >= 4 is 23.3 Å². The molecule has 0 saturated heterocycles. The van der Waals surface area contributed by atoms with Crippen molar-refractivity contribution in [1.82, 2.24) is 4.90 Å².